The Hall–Kier alpha value is -3.11. The minimum Gasteiger partial charge on any atom is -0.497 e. The maximum absolute atomic E-state index is 13.3. The van der Waals surface area contributed by atoms with Crippen molar-refractivity contribution in [3.8, 4) is 5.75 Å². The predicted octanol–water partition coefficient (Wildman–Crippen LogP) is 3.79. The van der Waals surface area contributed by atoms with Crippen LogP contribution in [0.5, 0.6) is 5.75 Å². The van der Waals surface area contributed by atoms with E-state index in [-0.39, 0.29) is 5.91 Å². The highest BCUT2D eigenvalue weighted by Crippen LogP contribution is 2.44. The van der Waals surface area contributed by atoms with Gasteiger partial charge in [0.25, 0.3) is 5.91 Å². The minimum absolute atomic E-state index is 0.330. The summed E-state index contributed by atoms with van der Waals surface area (Å²) in [5.74, 6) is 0.437. The normalized spacial score (nSPS) is 18.5. The second-order valence-electron chi connectivity index (χ2n) is 6.83. The molecule has 1 aliphatic rings. The molecule has 0 saturated carbocycles. The van der Waals surface area contributed by atoms with Gasteiger partial charge in [-0.2, -0.15) is 0 Å². The molecule has 1 unspecified atom stereocenters. The number of para-hydroxylation sites is 1. The molecule has 0 spiro atoms. The van der Waals surface area contributed by atoms with Gasteiger partial charge in [0, 0.05) is 5.56 Å². The van der Waals surface area contributed by atoms with Crippen LogP contribution in [0.1, 0.15) is 22.3 Å². The molecule has 0 fully saturated rings. The van der Waals surface area contributed by atoms with Crippen LogP contribution in [0.2, 0.25) is 0 Å². The second-order valence-corrected chi connectivity index (χ2v) is 6.83. The highest BCUT2D eigenvalue weighted by atomic mass is 16.5. The summed E-state index contributed by atoms with van der Waals surface area (Å²) in [6, 6.07) is 22.5. The van der Waals surface area contributed by atoms with Crippen molar-refractivity contribution < 1.29 is 14.6 Å². The van der Waals surface area contributed by atoms with Crippen LogP contribution in [0.15, 0.2) is 72.8 Å². The number of aliphatic hydroxyl groups is 1. The Morgan fingerprint density at radius 2 is 1.63 bits per heavy atom. The van der Waals surface area contributed by atoms with Gasteiger partial charge in [0.15, 0.2) is 5.60 Å². The number of carbonyl (C=O) groups excluding carboxylic acids is 1. The summed E-state index contributed by atoms with van der Waals surface area (Å²) < 4.78 is 5.20. The number of benzene rings is 3. The SMILES string of the molecule is COc1ccc(CN2C(=O)C(O)(c3ccc(C)cc3)c3ccccc32)cc1. The molecule has 1 aliphatic heterocycles. The zero-order valence-electron chi connectivity index (χ0n) is 15.3. The quantitative estimate of drug-likeness (QED) is 0.771. The number of fused-ring (bicyclic) bond motifs is 1. The van der Waals surface area contributed by atoms with Gasteiger partial charge in [-0.15, -0.1) is 0 Å². The van der Waals surface area contributed by atoms with E-state index in [4.69, 9.17) is 4.74 Å². The van der Waals surface area contributed by atoms with Gasteiger partial charge in [-0.05, 0) is 36.2 Å². The van der Waals surface area contributed by atoms with Crippen LogP contribution in [0.3, 0.4) is 0 Å². The molecule has 3 aromatic rings. The maximum Gasteiger partial charge on any atom is 0.268 e. The molecule has 0 radical (unpaired) electrons. The van der Waals surface area contributed by atoms with Crippen LogP contribution < -0.4 is 9.64 Å². The zero-order valence-corrected chi connectivity index (χ0v) is 15.3. The Labute approximate surface area is 158 Å². The topological polar surface area (TPSA) is 49.8 Å². The fourth-order valence-corrected chi connectivity index (χ4v) is 3.58. The summed E-state index contributed by atoms with van der Waals surface area (Å²) in [6.07, 6.45) is 0. The van der Waals surface area contributed by atoms with Crippen LogP contribution in [0.4, 0.5) is 5.69 Å². The Bertz CT molecular complexity index is 979. The summed E-state index contributed by atoms with van der Waals surface area (Å²) in [4.78, 5) is 15.0. The molecule has 3 aromatic carbocycles. The second kappa shape index (κ2) is 6.56. The van der Waals surface area contributed by atoms with Crippen LogP contribution in [0.25, 0.3) is 0 Å². The number of hydrogen-bond acceptors (Lipinski definition) is 3. The third kappa shape index (κ3) is 2.78. The van der Waals surface area contributed by atoms with Gasteiger partial charge >= 0.3 is 0 Å². The summed E-state index contributed by atoms with van der Waals surface area (Å²) >= 11 is 0. The number of hydrogen-bond donors (Lipinski definition) is 1. The molecular weight excluding hydrogens is 338 g/mol. The van der Waals surface area contributed by atoms with Crippen molar-refractivity contribution in [2.75, 3.05) is 12.0 Å². The Kier molecular flexibility index (Phi) is 4.21. The van der Waals surface area contributed by atoms with Gasteiger partial charge < -0.3 is 14.7 Å². The van der Waals surface area contributed by atoms with E-state index in [1.54, 1.807) is 12.0 Å². The van der Waals surface area contributed by atoms with Crippen molar-refractivity contribution in [1.29, 1.82) is 0 Å². The number of methoxy groups -OCH3 is 1. The predicted molar refractivity (Wildman–Crippen MR) is 105 cm³/mol. The van der Waals surface area contributed by atoms with Gasteiger partial charge in [-0.1, -0.05) is 60.2 Å². The first-order valence-electron chi connectivity index (χ1n) is 8.88. The van der Waals surface area contributed by atoms with Crippen molar-refractivity contribution in [2.45, 2.75) is 19.1 Å². The summed E-state index contributed by atoms with van der Waals surface area (Å²) in [5.41, 5.74) is 2.32. The Morgan fingerprint density at radius 3 is 2.30 bits per heavy atom. The van der Waals surface area contributed by atoms with Gasteiger partial charge in [-0.25, -0.2) is 0 Å². The number of aryl methyl sites for hydroxylation is 1. The van der Waals surface area contributed by atoms with E-state index in [1.807, 2.05) is 79.7 Å². The Morgan fingerprint density at radius 1 is 0.963 bits per heavy atom. The molecule has 4 nitrogen and oxygen atoms in total. The number of amides is 1. The molecule has 4 heteroatoms. The average Bonchev–Trinajstić information content (AvgIpc) is 2.92. The monoisotopic (exact) mass is 359 g/mol. The fourth-order valence-electron chi connectivity index (χ4n) is 3.58. The van der Waals surface area contributed by atoms with Crippen molar-refractivity contribution >= 4 is 11.6 Å². The Balaban J connectivity index is 1.76. The van der Waals surface area contributed by atoms with E-state index in [0.717, 1.165) is 22.6 Å². The molecule has 4 rings (SSSR count). The summed E-state index contributed by atoms with van der Waals surface area (Å²) in [7, 11) is 1.62. The molecule has 0 bridgehead atoms. The van der Waals surface area contributed by atoms with E-state index in [9.17, 15) is 9.90 Å². The largest absolute Gasteiger partial charge is 0.497 e. The van der Waals surface area contributed by atoms with Gasteiger partial charge in [0.05, 0.1) is 19.3 Å². The molecule has 136 valence electrons. The molecule has 0 saturated heterocycles. The standard InChI is InChI=1S/C23H21NO3/c1-16-7-11-18(12-8-16)23(26)20-5-3-4-6-21(20)24(22(23)25)15-17-9-13-19(27-2)14-10-17/h3-14,26H,15H2,1-2H3. The number of rotatable bonds is 4. The van der Waals surface area contributed by atoms with E-state index < -0.39 is 5.60 Å². The van der Waals surface area contributed by atoms with Gasteiger partial charge in [0.1, 0.15) is 5.75 Å². The maximum atomic E-state index is 13.3. The lowest BCUT2D eigenvalue weighted by Crippen LogP contribution is -2.40. The molecule has 1 amide bonds. The van der Waals surface area contributed by atoms with Crippen molar-refractivity contribution in [3.63, 3.8) is 0 Å². The molecule has 0 aromatic heterocycles. The third-order valence-electron chi connectivity index (χ3n) is 5.11. The highest BCUT2D eigenvalue weighted by Gasteiger charge is 2.50. The smallest absolute Gasteiger partial charge is 0.268 e. The lowest BCUT2D eigenvalue weighted by atomic mass is 9.87. The molecule has 27 heavy (non-hydrogen) atoms. The first-order valence-corrected chi connectivity index (χ1v) is 8.88. The van der Waals surface area contributed by atoms with E-state index in [2.05, 4.69) is 0 Å². The first kappa shape index (κ1) is 17.3. The summed E-state index contributed by atoms with van der Waals surface area (Å²) in [6.45, 7) is 2.36. The highest BCUT2D eigenvalue weighted by molar-refractivity contribution is 6.09. The number of anilines is 1. The molecular formula is C23H21NO3. The van der Waals surface area contributed by atoms with Crippen molar-refractivity contribution in [2.24, 2.45) is 0 Å². The number of ether oxygens (including phenoxy) is 1. The molecule has 1 heterocycles. The van der Waals surface area contributed by atoms with Crippen molar-refractivity contribution in [1.82, 2.24) is 0 Å². The minimum atomic E-state index is -1.67. The van der Waals surface area contributed by atoms with Gasteiger partial charge in [0.2, 0.25) is 0 Å². The van der Waals surface area contributed by atoms with Crippen LogP contribution in [-0.4, -0.2) is 18.1 Å². The number of carbonyl (C=O) groups is 1. The fraction of sp³-hybridized carbons (Fsp3) is 0.174. The zero-order chi connectivity index (χ0) is 19.0. The number of nitrogens with zero attached hydrogens (tertiary/aromatic N) is 1. The van der Waals surface area contributed by atoms with E-state index in [1.165, 1.54) is 0 Å². The van der Waals surface area contributed by atoms with Gasteiger partial charge in [-0.3, -0.25) is 4.79 Å². The first-order chi connectivity index (χ1) is 13.0. The van der Waals surface area contributed by atoms with E-state index >= 15 is 0 Å². The molecule has 1 atom stereocenters. The third-order valence-corrected chi connectivity index (χ3v) is 5.11. The lowest BCUT2D eigenvalue weighted by Gasteiger charge is -2.24. The van der Waals surface area contributed by atoms with Crippen LogP contribution >= 0.6 is 0 Å². The average molecular weight is 359 g/mol. The van der Waals surface area contributed by atoms with E-state index in [0.29, 0.717) is 17.7 Å². The molecule has 1 N–H and O–H groups in total. The summed E-state index contributed by atoms with van der Waals surface area (Å²) in [5, 5.41) is 11.5. The van der Waals surface area contributed by atoms with Crippen LogP contribution in [-0.2, 0) is 16.9 Å². The molecule has 0 aliphatic carbocycles. The van der Waals surface area contributed by atoms with Crippen LogP contribution in [0, 0.1) is 6.92 Å². The lowest BCUT2D eigenvalue weighted by molar-refractivity contribution is -0.132. The van der Waals surface area contributed by atoms with Crippen molar-refractivity contribution in [3.05, 3.63) is 95.1 Å².